The molecule has 3 aliphatic heterocycles. The lowest BCUT2D eigenvalue weighted by atomic mass is 10.3. The lowest BCUT2D eigenvalue weighted by Gasteiger charge is -2.35. The van der Waals surface area contributed by atoms with Crippen LogP contribution in [0.1, 0.15) is 26.7 Å². The minimum absolute atomic E-state index is 0.0718. The molecule has 0 radical (unpaired) electrons. The Morgan fingerprint density at radius 3 is 1.35 bits per heavy atom. The van der Waals surface area contributed by atoms with Gasteiger partial charge in [0.15, 0.2) is 0 Å². The van der Waals surface area contributed by atoms with E-state index in [0.717, 1.165) is 16.3 Å². The number of para-hydroxylation sites is 4. The monoisotopic (exact) mass is 742 g/mol. The summed E-state index contributed by atoms with van der Waals surface area (Å²) in [6.45, 7) is 4.67. The molecule has 0 saturated carbocycles. The SMILES string of the molecule is CCOP(=O)(OCC)C1CC(=O)N(c2ccccc2)C1=O.O=C1CC(P2(=O)N(c3ccccc3)CCN2c2ccccc2)C(=O)N1c1ccccc1. The van der Waals surface area contributed by atoms with Crippen LogP contribution in [0.4, 0.5) is 22.7 Å². The second kappa shape index (κ2) is 15.8. The van der Waals surface area contributed by atoms with Gasteiger partial charge in [0.05, 0.1) is 31.0 Å². The lowest BCUT2D eigenvalue weighted by molar-refractivity contribution is -0.122. The first-order valence-corrected chi connectivity index (χ1v) is 20.4. The molecule has 2 atom stereocenters. The number of imide groups is 2. The van der Waals surface area contributed by atoms with Crippen molar-refractivity contribution < 1.29 is 37.4 Å². The fourth-order valence-electron chi connectivity index (χ4n) is 6.75. The highest BCUT2D eigenvalue weighted by atomic mass is 31.2. The predicted octanol–water partition coefficient (Wildman–Crippen LogP) is 7.12. The van der Waals surface area contributed by atoms with Gasteiger partial charge in [-0.05, 0) is 62.4 Å². The third-order valence-corrected chi connectivity index (χ3v) is 14.9. The average molecular weight is 743 g/mol. The van der Waals surface area contributed by atoms with E-state index in [4.69, 9.17) is 9.05 Å². The molecular weight excluding hydrogens is 702 g/mol. The van der Waals surface area contributed by atoms with Gasteiger partial charge in [0.25, 0.3) is 7.44 Å². The first kappa shape index (κ1) is 36.9. The van der Waals surface area contributed by atoms with Gasteiger partial charge in [-0.15, -0.1) is 0 Å². The maximum atomic E-state index is 14.9. The minimum Gasteiger partial charge on any atom is -0.308 e. The fraction of sp³-hybridized carbons (Fsp3) is 0.263. The van der Waals surface area contributed by atoms with Crippen LogP contribution in [-0.4, -0.2) is 61.2 Å². The molecule has 4 amide bonds. The van der Waals surface area contributed by atoms with Gasteiger partial charge >= 0.3 is 7.60 Å². The molecule has 3 fully saturated rings. The van der Waals surface area contributed by atoms with Crippen LogP contribution in [0.15, 0.2) is 121 Å². The molecule has 3 aliphatic rings. The molecule has 0 bridgehead atoms. The normalized spacial score (nSPS) is 20.0. The number of carbonyl (C=O) groups excluding carboxylic acids is 4. The molecule has 4 aromatic carbocycles. The molecule has 52 heavy (non-hydrogen) atoms. The van der Waals surface area contributed by atoms with Crippen molar-refractivity contribution in [3.8, 4) is 0 Å². The summed E-state index contributed by atoms with van der Waals surface area (Å²) in [6, 6.07) is 36.4. The molecule has 14 heteroatoms. The van der Waals surface area contributed by atoms with Crippen molar-refractivity contribution in [2.24, 2.45) is 0 Å². The number of benzene rings is 4. The van der Waals surface area contributed by atoms with Crippen molar-refractivity contribution in [3.05, 3.63) is 121 Å². The number of hydrogen-bond donors (Lipinski definition) is 0. The number of amides is 4. The number of hydrogen-bond acceptors (Lipinski definition) is 8. The molecule has 0 aliphatic carbocycles. The molecule has 270 valence electrons. The van der Waals surface area contributed by atoms with Crippen molar-refractivity contribution in [1.29, 1.82) is 0 Å². The van der Waals surface area contributed by atoms with Crippen LogP contribution in [0.5, 0.6) is 0 Å². The van der Waals surface area contributed by atoms with Crippen molar-refractivity contribution in [2.45, 2.75) is 38.0 Å². The molecule has 3 saturated heterocycles. The highest BCUT2D eigenvalue weighted by Crippen LogP contribution is 2.65. The average Bonchev–Trinajstić information content (AvgIpc) is 3.79. The molecule has 0 aromatic heterocycles. The Hall–Kier alpha value is -4.86. The Morgan fingerprint density at radius 1 is 0.577 bits per heavy atom. The standard InChI is InChI=1S/C24H22N3O3P.C14H18NO5P/c28-23-18-22(24(29)27(23)21-14-8-3-9-15-21)31(30)25(19-10-4-1-5-11-19)16-17-26(31)20-12-6-2-7-13-20;1-3-19-21(18,20-4-2)12-10-13(16)15(14(12)17)11-8-6-5-7-9-11/h1-15,22H,16-18H2;5-9,12H,3-4,10H2,1-2H3. The van der Waals surface area contributed by atoms with E-state index in [9.17, 15) is 28.3 Å². The van der Waals surface area contributed by atoms with Gasteiger partial charge in [0.1, 0.15) is 11.3 Å². The third kappa shape index (κ3) is 6.99. The highest BCUT2D eigenvalue weighted by molar-refractivity contribution is 7.69. The number of rotatable bonds is 10. The van der Waals surface area contributed by atoms with Crippen molar-refractivity contribution >= 4 is 61.4 Å². The molecule has 7 rings (SSSR count). The zero-order valence-electron chi connectivity index (χ0n) is 28.9. The maximum Gasteiger partial charge on any atom is 0.343 e. The van der Waals surface area contributed by atoms with Crippen molar-refractivity contribution in [2.75, 3.05) is 45.4 Å². The van der Waals surface area contributed by atoms with E-state index in [1.165, 1.54) is 4.90 Å². The Kier molecular flexibility index (Phi) is 11.2. The van der Waals surface area contributed by atoms with E-state index in [-0.39, 0.29) is 32.0 Å². The Balaban J connectivity index is 0.000000194. The van der Waals surface area contributed by atoms with E-state index >= 15 is 0 Å². The molecular formula is C38H40N4O8P2. The van der Waals surface area contributed by atoms with Crippen LogP contribution in [0, 0.1) is 0 Å². The van der Waals surface area contributed by atoms with Gasteiger partial charge < -0.3 is 18.4 Å². The van der Waals surface area contributed by atoms with Crippen LogP contribution in [0.3, 0.4) is 0 Å². The zero-order chi connectivity index (χ0) is 36.9. The highest BCUT2D eigenvalue weighted by Gasteiger charge is 2.58. The number of anilines is 4. The summed E-state index contributed by atoms with van der Waals surface area (Å²) in [5.41, 5.74) is 0.580. The molecule has 0 spiro atoms. The quantitative estimate of drug-likeness (QED) is 0.122. The van der Waals surface area contributed by atoms with Crippen LogP contribution >= 0.6 is 15.0 Å². The summed E-state index contributed by atoms with van der Waals surface area (Å²) in [5, 5.41) is 0. The first-order chi connectivity index (χ1) is 25.1. The third-order valence-electron chi connectivity index (χ3n) is 9.00. The summed E-state index contributed by atoms with van der Waals surface area (Å²) < 4.78 is 41.6. The maximum absolute atomic E-state index is 14.9. The predicted molar refractivity (Wildman–Crippen MR) is 201 cm³/mol. The van der Waals surface area contributed by atoms with Gasteiger partial charge in [-0.25, -0.2) is 9.80 Å². The van der Waals surface area contributed by atoms with Crippen LogP contribution in [0.2, 0.25) is 0 Å². The molecule has 4 aromatic rings. The van der Waals surface area contributed by atoms with E-state index in [1.807, 2.05) is 76.1 Å². The summed E-state index contributed by atoms with van der Waals surface area (Å²) >= 11 is 0. The van der Waals surface area contributed by atoms with Crippen molar-refractivity contribution in [3.63, 3.8) is 0 Å². The van der Waals surface area contributed by atoms with Crippen LogP contribution in [0.25, 0.3) is 0 Å². The topological polar surface area (TPSA) is 134 Å². The number of nitrogens with zero attached hydrogens (tertiary/aromatic N) is 4. The van der Waals surface area contributed by atoms with Gasteiger partial charge in [0, 0.05) is 30.9 Å². The van der Waals surface area contributed by atoms with E-state index in [0.29, 0.717) is 24.5 Å². The van der Waals surface area contributed by atoms with Crippen molar-refractivity contribution in [1.82, 2.24) is 0 Å². The van der Waals surface area contributed by atoms with E-state index < -0.39 is 44.1 Å². The summed E-state index contributed by atoms with van der Waals surface area (Å²) in [6.07, 6.45) is -0.233. The molecule has 12 nitrogen and oxygen atoms in total. The molecule has 2 unspecified atom stereocenters. The van der Waals surface area contributed by atoms with Crippen LogP contribution in [-0.2, 0) is 37.4 Å². The summed E-state index contributed by atoms with van der Waals surface area (Å²) in [7, 11) is -7.11. The zero-order valence-corrected chi connectivity index (χ0v) is 30.7. The van der Waals surface area contributed by atoms with E-state index in [2.05, 4.69) is 0 Å². The van der Waals surface area contributed by atoms with Gasteiger partial charge in [-0.2, -0.15) is 0 Å². The number of carbonyl (C=O) groups is 4. The second-order valence-electron chi connectivity index (χ2n) is 12.1. The molecule has 0 N–H and O–H groups in total. The summed E-state index contributed by atoms with van der Waals surface area (Å²) in [5.74, 6) is -1.64. The smallest absolute Gasteiger partial charge is 0.308 e. The second-order valence-corrected chi connectivity index (χ2v) is 17.1. The Bertz CT molecular complexity index is 1940. The van der Waals surface area contributed by atoms with Gasteiger partial charge in [-0.1, -0.05) is 72.8 Å². The van der Waals surface area contributed by atoms with Gasteiger partial charge in [0.2, 0.25) is 23.6 Å². The van der Waals surface area contributed by atoms with E-state index in [1.54, 1.807) is 68.4 Å². The largest absolute Gasteiger partial charge is 0.343 e. The van der Waals surface area contributed by atoms with Crippen LogP contribution < -0.4 is 19.1 Å². The minimum atomic E-state index is -3.63. The van der Waals surface area contributed by atoms with Gasteiger partial charge in [-0.3, -0.25) is 28.3 Å². The fourth-order valence-corrected chi connectivity index (χ4v) is 12.1. The molecule has 3 heterocycles. The first-order valence-electron chi connectivity index (χ1n) is 17.1. The lowest BCUT2D eigenvalue weighted by Crippen LogP contribution is -2.36. The summed E-state index contributed by atoms with van der Waals surface area (Å²) in [4.78, 5) is 53.3. The Labute approximate surface area is 302 Å². The Morgan fingerprint density at radius 2 is 0.942 bits per heavy atom.